The molecule has 1 amide bonds. The van der Waals surface area contributed by atoms with Gasteiger partial charge in [0.05, 0.1) is 11.9 Å². The Labute approximate surface area is 102 Å². The predicted molar refractivity (Wildman–Crippen MR) is 70.2 cm³/mol. The van der Waals surface area contributed by atoms with Gasteiger partial charge in [0.1, 0.15) is 5.82 Å². The minimum absolute atomic E-state index is 0.107. The zero-order valence-electron chi connectivity index (χ0n) is 10.7. The third kappa shape index (κ3) is 5.87. The molecular weight excluding hydrogens is 216 g/mol. The van der Waals surface area contributed by atoms with Crippen molar-refractivity contribution in [1.82, 2.24) is 9.88 Å². The lowest BCUT2D eigenvalue weighted by Gasteiger charge is -2.10. The van der Waals surface area contributed by atoms with Gasteiger partial charge in [-0.1, -0.05) is 0 Å². The van der Waals surface area contributed by atoms with E-state index >= 15 is 0 Å². The summed E-state index contributed by atoms with van der Waals surface area (Å²) in [6, 6.07) is 3.70. The van der Waals surface area contributed by atoms with Gasteiger partial charge in [-0.2, -0.15) is 0 Å². The zero-order valence-corrected chi connectivity index (χ0v) is 10.7. The average molecular weight is 236 g/mol. The van der Waals surface area contributed by atoms with Crippen LogP contribution in [-0.4, -0.2) is 43.0 Å². The van der Waals surface area contributed by atoms with E-state index in [2.05, 4.69) is 34.6 Å². The maximum Gasteiger partial charge on any atom is 0.222 e. The number of carbonyl (C=O) groups excluding carboxylic acids is 1. The van der Waals surface area contributed by atoms with Crippen molar-refractivity contribution in [2.24, 2.45) is 0 Å². The Hall–Kier alpha value is -1.62. The van der Waals surface area contributed by atoms with Crippen molar-refractivity contribution in [2.75, 3.05) is 37.8 Å². The normalized spacial score (nSPS) is 10.4. The fourth-order valence-electron chi connectivity index (χ4n) is 1.38. The topological polar surface area (TPSA) is 57.3 Å². The van der Waals surface area contributed by atoms with Gasteiger partial charge in [0.2, 0.25) is 5.91 Å². The number of amides is 1. The summed E-state index contributed by atoms with van der Waals surface area (Å²) in [5.74, 6) is 0.473. The van der Waals surface area contributed by atoms with Crippen molar-refractivity contribution in [1.29, 1.82) is 0 Å². The first kappa shape index (κ1) is 13.4. The number of pyridine rings is 1. The molecule has 0 radical (unpaired) electrons. The van der Waals surface area contributed by atoms with Crippen LogP contribution >= 0.6 is 0 Å². The Bertz CT molecular complexity index is 348. The first-order valence-electron chi connectivity index (χ1n) is 5.70. The molecular formula is C12H20N4O. The van der Waals surface area contributed by atoms with E-state index < -0.39 is 0 Å². The van der Waals surface area contributed by atoms with E-state index in [1.807, 2.05) is 6.07 Å². The second-order valence-electron chi connectivity index (χ2n) is 4.20. The van der Waals surface area contributed by atoms with Gasteiger partial charge < -0.3 is 15.5 Å². The highest BCUT2D eigenvalue weighted by molar-refractivity contribution is 5.87. The van der Waals surface area contributed by atoms with Crippen LogP contribution < -0.4 is 10.6 Å². The van der Waals surface area contributed by atoms with Gasteiger partial charge in [0, 0.05) is 13.5 Å². The minimum atomic E-state index is -0.107. The molecule has 0 fully saturated rings. The van der Waals surface area contributed by atoms with Crippen LogP contribution in [0.25, 0.3) is 0 Å². The van der Waals surface area contributed by atoms with E-state index in [1.54, 1.807) is 12.3 Å². The molecule has 1 rings (SSSR count). The standard InChI is InChI=1S/C12H20N4O/c1-10(17)15-12-6-5-11(9-14-12)13-7-4-8-16(2)3/h5-6,9,13H,4,7-8H2,1-3H3,(H,14,15,17). The molecule has 0 aliphatic rings. The van der Waals surface area contributed by atoms with Crippen LogP contribution in [-0.2, 0) is 4.79 Å². The lowest BCUT2D eigenvalue weighted by molar-refractivity contribution is -0.114. The van der Waals surface area contributed by atoms with E-state index in [1.165, 1.54) is 6.92 Å². The van der Waals surface area contributed by atoms with Gasteiger partial charge in [0.25, 0.3) is 0 Å². The van der Waals surface area contributed by atoms with Crippen molar-refractivity contribution in [3.8, 4) is 0 Å². The van der Waals surface area contributed by atoms with Crippen molar-refractivity contribution >= 4 is 17.4 Å². The minimum Gasteiger partial charge on any atom is -0.384 e. The van der Waals surface area contributed by atoms with Crippen molar-refractivity contribution in [2.45, 2.75) is 13.3 Å². The van der Waals surface area contributed by atoms with Crippen LogP contribution in [0.2, 0.25) is 0 Å². The highest BCUT2D eigenvalue weighted by Gasteiger charge is 1.97. The van der Waals surface area contributed by atoms with Crippen LogP contribution in [0.4, 0.5) is 11.5 Å². The van der Waals surface area contributed by atoms with Crippen LogP contribution in [0.5, 0.6) is 0 Å². The molecule has 0 spiro atoms. The highest BCUT2D eigenvalue weighted by Crippen LogP contribution is 2.09. The molecule has 0 aliphatic heterocycles. The predicted octanol–water partition coefficient (Wildman–Crippen LogP) is 1.40. The van der Waals surface area contributed by atoms with Gasteiger partial charge >= 0.3 is 0 Å². The van der Waals surface area contributed by atoms with E-state index in [0.29, 0.717) is 5.82 Å². The van der Waals surface area contributed by atoms with Crippen molar-refractivity contribution < 1.29 is 4.79 Å². The quantitative estimate of drug-likeness (QED) is 0.733. The second-order valence-corrected chi connectivity index (χ2v) is 4.20. The first-order valence-corrected chi connectivity index (χ1v) is 5.70. The summed E-state index contributed by atoms with van der Waals surface area (Å²) >= 11 is 0. The molecule has 5 heteroatoms. The number of nitrogens with one attached hydrogen (secondary N) is 2. The molecule has 0 saturated carbocycles. The molecule has 1 aromatic heterocycles. The Morgan fingerprint density at radius 3 is 2.71 bits per heavy atom. The Kier molecular flexibility index (Phi) is 5.42. The van der Waals surface area contributed by atoms with Gasteiger partial charge in [-0.05, 0) is 39.2 Å². The lowest BCUT2D eigenvalue weighted by atomic mass is 10.3. The van der Waals surface area contributed by atoms with Crippen LogP contribution in [0.1, 0.15) is 13.3 Å². The summed E-state index contributed by atoms with van der Waals surface area (Å²) in [6.45, 7) is 3.44. The summed E-state index contributed by atoms with van der Waals surface area (Å²) in [5, 5.41) is 5.91. The second kappa shape index (κ2) is 6.85. The van der Waals surface area contributed by atoms with Crippen LogP contribution in [0, 0.1) is 0 Å². The maximum atomic E-state index is 10.8. The molecule has 1 heterocycles. The third-order valence-electron chi connectivity index (χ3n) is 2.18. The number of aromatic nitrogens is 1. The molecule has 2 N–H and O–H groups in total. The number of hydrogen-bond acceptors (Lipinski definition) is 4. The lowest BCUT2D eigenvalue weighted by Crippen LogP contribution is -2.16. The van der Waals surface area contributed by atoms with Crippen LogP contribution in [0.3, 0.4) is 0 Å². The van der Waals surface area contributed by atoms with Gasteiger partial charge in [0.15, 0.2) is 0 Å². The van der Waals surface area contributed by atoms with E-state index in [9.17, 15) is 4.79 Å². The molecule has 5 nitrogen and oxygen atoms in total. The number of rotatable bonds is 6. The zero-order chi connectivity index (χ0) is 12.7. The molecule has 0 aliphatic carbocycles. The Balaban J connectivity index is 2.32. The highest BCUT2D eigenvalue weighted by atomic mass is 16.1. The maximum absolute atomic E-state index is 10.8. The Morgan fingerprint density at radius 1 is 1.41 bits per heavy atom. The number of anilines is 2. The average Bonchev–Trinajstić information content (AvgIpc) is 2.25. The fraction of sp³-hybridized carbons (Fsp3) is 0.500. The summed E-state index contributed by atoms with van der Waals surface area (Å²) < 4.78 is 0. The van der Waals surface area contributed by atoms with E-state index in [-0.39, 0.29) is 5.91 Å². The summed E-state index contributed by atoms with van der Waals surface area (Å²) in [6.07, 6.45) is 2.81. The number of carbonyl (C=O) groups is 1. The third-order valence-corrected chi connectivity index (χ3v) is 2.18. The molecule has 0 unspecified atom stereocenters. The Morgan fingerprint density at radius 2 is 2.18 bits per heavy atom. The van der Waals surface area contributed by atoms with Gasteiger partial charge in [-0.25, -0.2) is 4.98 Å². The summed E-state index contributed by atoms with van der Waals surface area (Å²) in [4.78, 5) is 17.1. The number of nitrogens with zero attached hydrogens (tertiary/aromatic N) is 2. The van der Waals surface area contributed by atoms with Gasteiger partial charge in [-0.3, -0.25) is 4.79 Å². The molecule has 0 aromatic carbocycles. The molecule has 0 bridgehead atoms. The molecule has 17 heavy (non-hydrogen) atoms. The van der Waals surface area contributed by atoms with Crippen molar-refractivity contribution in [3.05, 3.63) is 18.3 Å². The van der Waals surface area contributed by atoms with Gasteiger partial charge in [-0.15, -0.1) is 0 Å². The smallest absolute Gasteiger partial charge is 0.222 e. The van der Waals surface area contributed by atoms with E-state index in [0.717, 1.165) is 25.2 Å². The van der Waals surface area contributed by atoms with Crippen molar-refractivity contribution in [3.63, 3.8) is 0 Å². The monoisotopic (exact) mass is 236 g/mol. The number of hydrogen-bond donors (Lipinski definition) is 2. The SMILES string of the molecule is CC(=O)Nc1ccc(NCCCN(C)C)cn1. The first-order chi connectivity index (χ1) is 8.08. The van der Waals surface area contributed by atoms with Crippen LogP contribution in [0.15, 0.2) is 18.3 Å². The summed E-state index contributed by atoms with van der Waals surface area (Å²) in [7, 11) is 4.12. The molecule has 0 atom stereocenters. The summed E-state index contributed by atoms with van der Waals surface area (Å²) in [5.41, 5.74) is 0.970. The van der Waals surface area contributed by atoms with E-state index in [4.69, 9.17) is 0 Å². The molecule has 1 aromatic rings. The largest absolute Gasteiger partial charge is 0.384 e. The fourth-order valence-corrected chi connectivity index (χ4v) is 1.38. The molecule has 0 saturated heterocycles. The molecule has 94 valence electrons.